The van der Waals surface area contributed by atoms with Crippen molar-refractivity contribution in [1.29, 1.82) is 0 Å². The molecule has 0 bridgehead atoms. The van der Waals surface area contributed by atoms with Crippen LogP contribution in [0.4, 0.5) is 0 Å². The highest BCUT2D eigenvalue weighted by molar-refractivity contribution is 7.90. The Morgan fingerprint density at radius 1 is 1.31 bits per heavy atom. The maximum Gasteiger partial charge on any atom is 0.157 e. The van der Waals surface area contributed by atoms with Crippen LogP contribution in [0.1, 0.15) is 12.7 Å². The Labute approximate surface area is 93.4 Å². The molecule has 0 fully saturated rings. The molecule has 0 unspecified atom stereocenters. The summed E-state index contributed by atoms with van der Waals surface area (Å²) < 4.78 is 28.2. The molecule has 0 aliphatic heterocycles. The number of rotatable bonds is 3. The molecule has 1 heterocycles. The summed E-state index contributed by atoms with van der Waals surface area (Å²) in [6.07, 6.45) is 0. The monoisotopic (exact) mass is 240 g/mol. The number of sulfone groups is 1. The van der Waals surface area contributed by atoms with Crippen LogP contribution in [0.2, 0.25) is 0 Å². The first-order valence-corrected chi connectivity index (χ1v) is 6.74. The molecule has 0 spiro atoms. The van der Waals surface area contributed by atoms with Gasteiger partial charge in [0.15, 0.2) is 9.84 Å². The van der Waals surface area contributed by atoms with Gasteiger partial charge in [0.05, 0.1) is 0 Å². The summed E-state index contributed by atoms with van der Waals surface area (Å²) in [5, 5.41) is 9.97. The van der Waals surface area contributed by atoms with Crippen LogP contribution in [0.5, 0.6) is 5.75 Å². The van der Waals surface area contributed by atoms with Gasteiger partial charge in [-0.05, 0) is 24.3 Å². The Morgan fingerprint density at radius 3 is 2.75 bits per heavy atom. The van der Waals surface area contributed by atoms with E-state index in [0.717, 1.165) is 0 Å². The van der Waals surface area contributed by atoms with Crippen molar-refractivity contribution in [2.24, 2.45) is 0 Å². The zero-order valence-corrected chi connectivity index (χ0v) is 9.62. The van der Waals surface area contributed by atoms with Gasteiger partial charge in [-0.25, -0.2) is 8.42 Å². The zero-order valence-electron chi connectivity index (χ0n) is 8.80. The molecule has 1 aromatic carbocycles. The Hall–Kier alpha value is -1.49. The van der Waals surface area contributed by atoms with Crippen LogP contribution >= 0.6 is 0 Å². The fraction of sp³-hybridized carbons (Fsp3) is 0.273. The Balaban J connectivity index is 2.40. The molecule has 0 saturated carbocycles. The summed E-state index contributed by atoms with van der Waals surface area (Å²) in [7, 11) is -3.09. The summed E-state index contributed by atoms with van der Waals surface area (Å²) in [4.78, 5) is 0. The number of fused-ring (bicyclic) bond motifs is 1. The van der Waals surface area contributed by atoms with Gasteiger partial charge in [0.1, 0.15) is 22.8 Å². The summed E-state index contributed by atoms with van der Waals surface area (Å²) in [5.41, 5.74) is 0.583. The van der Waals surface area contributed by atoms with Crippen molar-refractivity contribution in [3.05, 3.63) is 30.0 Å². The molecule has 0 atom stereocenters. The largest absolute Gasteiger partial charge is 0.508 e. The summed E-state index contributed by atoms with van der Waals surface area (Å²) in [5.74, 6) is 0.537. The second-order valence-corrected chi connectivity index (χ2v) is 5.96. The second-order valence-electron chi connectivity index (χ2n) is 3.61. The van der Waals surface area contributed by atoms with Crippen molar-refractivity contribution in [1.82, 2.24) is 0 Å². The van der Waals surface area contributed by atoms with Crippen LogP contribution in [0, 0.1) is 0 Å². The molecule has 2 rings (SSSR count). The lowest BCUT2D eigenvalue weighted by Gasteiger charge is -1.95. The van der Waals surface area contributed by atoms with E-state index in [4.69, 9.17) is 4.42 Å². The lowest BCUT2D eigenvalue weighted by molar-refractivity contribution is 0.475. The Morgan fingerprint density at radius 2 is 2.06 bits per heavy atom. The van der Waals surface area contributed by atoms with Gasteiger partial charge in [0, 0.05) is 11.1 Å². The van der Waals surface area contributed by atoms with E-state index in [0.29, 0.717) is 16.7 Å². The Kier molecular flexibility index (Phi) is 2.63. The van der Waals surface area contributed by atoms with E-state index in [2.05, 4.69) is 0 Å². The van der Waals surface area contributed by atoms with E-state index in [1.807, 2.05) is 0 Å². The third-order valence-electron chi connectivity index (χ3n) is 2.35. The van der Waals surface area contributed by atoms with Crippen LogP contribution in [-0.2, 0) is 15.6 Å². The van der Waals surface area contributed by atoms with E-state index in [1.165, 1.54) is 6.07 Å². The van der Waals surface area contributed by atoms with Gasteiger partial charge in [0.25, 0.3) is 0 Å². The fourth-order valence-corrected chi connectivity index (χ4v) is 2.26. The molecule has 0 aliphatic rings. The van der Waals surface area contributed by atoms with Gasteiger partial charge in [-0.3, -0.25) is 0 Å². The first-order valence-electron chi connectivity index (χ1n) is 4.92. The average molecular weight is 240 g/mol. The number of hydrogen-bond acceptors (Lipinski definition) is 4. The van der Waals surface area contributed by atoms with E-state index in [-0.39, 0.29) is 17.3 Å². The van der Waals surface area contributed by atoms with E-state index in [1.54, 1.807) is 25.1 Å². The minimum absolute atomic E-state index is 0.0926. The molecular weight excluding hydrogens is 228 g/mol. The highest BCUT2D eigenvalue weighted by Gasteiger charge is 2.13. The minimum Gasteiger partial charge on any atom is -0.508 e. The quantitative estimate of drug-likeness (QED) is 0.891. The van der Waals surface area contributed by atoms with Crippen LogP contribution in [0.25, 0.3) is 11.0 Å². The van der Waals surface area contributed by atoms with Crippen molar-refractivity contribution >= 4 is 20.8 Å². The highest BCUT2D eigenvalue weighted by Crippen LogP contribution is 2.24. The average Bonchev–Trinajstić information content (AvgIpc) is 2.58. The topological polar surface area (TPSA) is 67.5 Å². The minimum atomic E-state index is -3.09. The zero-order chi connectivity index (χ0) is 11.8. The molecule has 1 aromatic heterocycles. The standard InChI is InChI=1S/C11H12O4S/c1-2-16(13,14)7-10-6-8-5-9(12)3-4-11(8)15-10/h3-6,12H,2,7H2,1H3. The predicted octanol–water partition coefficient (Wildman–Crippen LogP) is 2.07. The summed E-state index contributed by atoms with van der Waals surface area (Å²) >= 11 is 0. The van der Waals surface area contributed by atoms with Gasteiger partial charge < -0.3 is 9.52 Å². The summed E-state index contributed by atoms with van der Waals surface area (Å²) in [6, 6.07) is 6.31. The SMILES string of the molecule is CCS(=O)(=O)Cc1cc2cc(O)ccc2o1. The first-order chi connectivity index (χ1) is 7.50. The molecular formula is C11H12O4S. The van der Waals surface area contributed by atoms with Crippen LogP contribution in [0.3, 0.4) is 0 Å². The number of benzene rings is 1. The van der Waals surface area contributed by atoms with Crippen molar-refractivity contribution in [2.45, 2.75) is 12.7 Å². The smallest absolute Gasteiger partial charge is 0.157 e. The molecule has 1 N–H and O–H groups in total. The van der Waals surface area contributed by atoms with Crippen molar-refractivity contribution in [3.8, 4) is 5.75 Å². The van der Waals surface area contributed by atoms with Gasteiger partial charge in [-0.15, -0.1) is 0 Å². The van der Waals surface area contributed by atoms with Crippen molar-refractivity contribution < 1.29 is 17.9 Å². The normalized spacial score (nSPS) is 12.1. The third kappa shape index (κ3) is 2.19. The van der Waals surface area contributed by atoms with Gasteiger partial charge in [0.2, 0.25) is 0 Å². The maximum atomic E-state index is 11.4. The maximum absolute atomic E-state index is 11.4. The molecule has 86 valence electrons. The molecule has 4 nitrogen and oxygen atoms in total. The fourth-order valence-electron chi connectivity index (χ4n) is 1.48. The predicted molar refractivity (Wildman–Crippen MR) is 61.0 cm³/mol. The van der Waals surface area contributed by atoms with E-state index in [9.17, 15) is 13.5 Å². The molecule has 0 amide bonds. The van der Waals surface area contributed by atoms with Crippen LogP contribution in [0.15, 0.2) is 28.7 Å². The summed E-state index contributed by atoms with van der Waals surface area (Å²) in [6.45, 7) is 1.60. The second kappa shape index (κ2) is 3.83. The number of hydrogen-bond donors (Lipinski definition) is 1. The van der Waals surface area contributed by atoms with Crippen LogP contribution < -0.4 is 0 Å². The molecule has 0 saturated heterocycles. The van der Waals surface area contributed by atoms with Gasteiger partial charge in [-0.2, -0.15) is 0 Å². The number of phenolic OH excluding ortho intramolecular Hbond substituents is 1. The molecule has 16 heavy (non-hydrogen) atoms. The molecule has 0 radical (unpaired) electrons. The van der Waals surface area contributed by atoms with Crippen molar-refractivity contribution in [2.75, 3.05) is 5.75 Å². The van der Waals surface area contributed by atoms with E-state index < -0.39 is 9.84 Å². The van der Waals surface area contributed by atoms with Gasteiger partial charge >= 0.3 is 0 Å². The first kappa shape index (κ1) is 11.0. The Bertz CT molecular complexity index is 610. The number of phenols is 1. The lowest BCUT2D eigenvalue weighted by Crippen LogP contribution is -2.05. The number of furan rings is 1. The molecule has 5 heteroatoms. The number of aromatic hydroxyl groups is 1. The van der Waals surface area contributed by atoms with E-state index >= 15 is 0 Å². The van der Waals surface area contributed by atoms with Crippen LogP contribution in [-0.4, -0.2) is 19.3 Å². The molecule has 0 aliphatic carbocycles. The van der Waals surface area contributed by atoms with Crippen molar-refractivity contribution in [3.63, 3.8) is 0 Å². The lowest BCUT2D eigenvalue weighted by atomic mass is 10.2. The highest BCUT2D eigenvalue weighted by atomic mass is 32.2. The molecule has 2 aromatic rings. The van der Waals surface area contributed by atoms with Gasteiger partial charge in [-0.1, -0.05) is 6.92 Å². The third-order valence-corrected chi connectivity index (χ3v) is 3.96.